The van der Waals surface area contributed by atoms with Crippen LogP contribution in [-0.2, 0) is 17.8 Å². The van der Waals surface area contributed by atoms with E-state index >= 15 is 0 Å². The number of rotatable bonds is 6. The van der Waals surface area contributed by atoms with Gasteiger partial charge < -0.3 is 10.4 Å². The van der Waals surface area contributed by atoms with Gasteiger partial charge in [0.25, 0.3) is 0 Å². The minimum absolute atomic E-state index is 0.145. The summed E-state index contributed by atoms with van der Waals surface area (Å²) in [6.45, 7) is 0.278. The van der Waals surface area contributed by atoms with Gasteiger partial charge in [0.1, 0.15) is 5.01 Å². The molecule has 5 nitrogen and oxygen atoms in total. The molecule has 5 aromatic rings. The van der Waals surface area contributed by atoms with Crippen molar-refractivity contribution < 1.29 is 14.7 Å². The average Bonchev–Trinajstić information content (AvgIpc) is 3.41. The monoisotopic (exact) mass is 458 g/mol. The summed E-state index contributed by atoms with van der Waals surface area (Å²) in [4.78, 5) is 28.1. The van der Waals surface area contributed by atoms with Crippen molar-refractivity contribution in [3.05, 3.63) is 88.2 Å². The number of carbonyl (C=O) groups is 2. The van der Waals surface area contributed by atoms with Crippen LogP contribution in [-0.4, -0.2) is 22.0 Å². The van der Waals surface area contributed by atoms with Crippen molar-refractivity contribution in [3.8, 4) is 11.1 Å². The van der Waals surface area contributed by atoms with Gasteiger partial charge in [-0.25, -0.2) is 9.78 Å². The van der Waals surface area contributed by atoms with Crippen LogP contribution < -0.4 is 5.32 Å². The molecule has 0 spiro atoms. The van der Waals surface area contributed by atoms with Crippen molar-refractivity contribution in [2.75, 3.05) is 0 Å². The van der Waals surface area contributed by atoms with Crippen LogP contribution in [0.1, 0.15) is 20.9 Å². The molecule has 7 heteroatoms. The normalized spacial score (nSPS) is 11.1. The Morgan fingerprint density at radius 2 is 1.84 bits per heavy atom. The molecule has 0 saturated carbocycles. The summed E-state index contributed by atoms with van der Waals surface area (Å²) in [6.07, 6.45) is 0.189. The molecular formula is C25H18N2O3S2. The number of thiazole rings is 1. The largest absolute Gasteiger partial charge is 0.478 e. The zero-order valence-electron chi connectivity index (χ0n) is 16.9. The number of nitrogens with zero attached hydrogens (tertiary/aromatic N) is 1. The lowest BCUT2D eigenvalue weighted by molar-refractivity contribution is -0.120. The maximum atomic E-state index is 12.4. The molecule has 3 aromatic carbocycles. The molecule has 158 valence electrons. The molecule has 0 atom stereocenters. The van der Waals surface area contributed by atoms with Gasteiger partial charge in [-0.1, -0.05) is 36.4 Å². The highest BCUT2D eigenvalue weighted by molar-refractivity contribution is 7.18. The number of carboxylic acid groups (broad SMARTS) is 1. The SMILES string of the molecule is O=C(Cc1nc2ccc(-c3csc4ccccc34)cc2s1)NCc1cccc(C(=O)O)c1. The summed E-state index contributed by atoms with van der Waals surface area (Å²) >= 11 is 3.26. The van der Waals surface area contributed by atoms with E-state index in [1.165, 1.54) is 33.1 Å². The zero-order chi connectivity index (χ0) is 22.1. The molecule has 0 unspecified atom stereocenters. The van der Waals surface area contributed by atoms with Crippen LogP contribution in [0.4, 0.5) is 0 Å². The summed E-state index contributed by atoms with van der Waals surface area (Å²) in [5.74, 6) is -1.13. The lowest BCUT2D eigenvalue weighted by Crippen LogP contribution is -2.24. The van der Waals surface area contributed by atoms with Crippen LogP contribution in [0, 0.1) is 0 Å². The van der Waals surface area contributed by atoms with Gasteiger partial charge in [0.05, 0.1) is 22.2 Å². The van der Waals surface area contributed by atoms with E-state index in [1.807, 2.05) is 6.07 Å². The number of hydrogen-bond acceptors (Lipinski definition) is 5. The molecule has 32 heavy (non-hydrogen) atoms. The summed E-state index contributed by atoms with van der Waals surface area (Å²) < 4.78 is 2.31. The number of aromatic carboxylic acids is 1. The van der Waals surface area contributed by atoms with Gasteiger partial charge in [-0.2, -0.15) is 0 Å². The van der Waals surface area contributed by atoms with Crippen molar-refractivity contribution in [3.63, 3.8) is 0 Å². The molecule has 0 bridgehead atoms. The van der Waals surface area contributed by atoms with E-state index in [9.17, 15) is 9.59 Å². The lowest BCUT2D eigenvalue weighted by Gasteiger charge is -2.05. The van der Waals surface area contributed by atoms with Crippen LogP contribution >= 0.6 is 22.7 Å². The fraction of sp³-hybridized carbons (Fsp3) is 0.0800. The summed E-state index contributed by atoms with van der Waals surface area (Å²) in [6, 6.07) is 21.2. The van der Waals surface area contributed by atoms with E-state index in [4.69, 9.17) is 5.11 Å². The highest BCUT2D eigenvalue weighted by Crippen LogP contribution is 2.36. The predicted molar refractivity (Wildman–Crippen MR) is 129 cm³/mol. The Labute approximate surface area is 192 Å². The van der Waals surface area contributed by atoms with Gasteiger partial charge in [0.15, 0.2) is 0 Å². The number of thiophene rings is 1. The maximum absolute atomic E-state index is 12.4. The molecule has 0 aliphatic rings. The van der Waals surface area contributed by atoms with Gasteiger partial charge in [0, 0.05) is 22.2 Å². The van der Waals surface area contributed by atoms with Crippen LogP contribution in [0.25, 0.3) is 31.4 Å². The standard InChI is InChI=1S/C25H18N2O3S2/c28-23(26-13-15-4-3-5-17(10-15)25(29)30)12-24-27-20-9-8-16(11-22(20)32-24)19-14-31-21-7-2-1-6-18(19)21/h1-11,14H,12-13H2,(H,26,28)(H,29,30). The first-order valence-electron chi connectivity index (χ1n) is 10.0. The number of carboxylic acids is 1. The van der Waals surface area contributed by atoms with E-state index in [2.05, 4.69) is 52.1 Å². The Morgan fingerprint density at radius 1 is 0.969 bits per heavy atom. The minimum atomic E-state index is -0.984. The van der Waals surface area contributed by atoms with Gasteiger partial charge in [-0.3, -0.25) is 4.79 Å². The molecule has 0 aliphatic carbocycles. The van der Waals surface area contributed by atoms with Crippen LogP contribution in [0.5, 0.6) is 0 Å². The van der Waals surface area contributed by atoms with E-state index in [-0.39, 0.29) is 24.4 Å². The molecule has 0 fully saturated rings. The third-order valence-electron chi connectivity index (χ3n) is 5.20. The van der Waals surface area contributed by atoms with Crippen molar-refractivity contribution in [1.82, 2.24) is 10.3 Å². The van der Waals surface area contributed by atoms with Crippen LogP contribution in [0.3, 0.4) is 0 Å². The number of amides is 1. The lowest BCUT2D eigenvalue weighted by atomic mass is 10.0. The second-order valence-electron chi connectivity index (χ2n) is 7.39. The third kappa shape index (κ3) is 4.12. The first-order valence-corrected chi connectivity index (χ1v) is 11.7. The summed E-state index contributed by atoms with van der Waals surface area (Å²) in [5.41, 5.74) is 4.19. The molecule has 0 saturated heterocycles. The molecule has 2 N–H and O–H groups in total. The van der Waals surface area contributed by atoms with Crippen molar-refractivity contribution in [2.45, 2.75) is 13.0 Å². The highest BCUT2D eigenvalue weighted by Gasteiger charge is 2.12. The first kappa shape index (κ1) is 20.4. The topological polar surface area (TPSA) is 79.3 Å². The Balaban J connectivity index is 1.30. The van der Waals surface area contributed by atoms with E-state index < -0.39 is 5.97 Å². The summed E-state index contributed by atoms with van der Waals surface area (Å²) in [5, 5.41) is 16.1. The number of aromatic nitrogens is 1. The molecule has 2 heterocycles. The Bertz CT molecular complexity index is 1470. The fourth-order valence-corrected chi connectivity index (χ4v) is 5.61. The Morgan fingerprint density at radius 3 is 2.72 bits per heavy atom. The van der Waals surface area contributed by atoms with Crippen molar-refractivity contribution in [2.24, 2.45) is 0 Å². The molecule has 1 amide bonds. The van der Waals surface area contributed by atoms with Crippen LogP contribution in [0.15, 0.2) is 72.1 Å². The predicted octanol–water partition coefficient (Wildman–Crippen LogP) is 5.74. The number of carbonyl (C=O) groups excluding carboxylic acids is 1. The zero-order valence-corrected chi connectivity index (χ0v) is 18.5. The molecular weight excluding hydrogens is 440 g/mol. The summed E-state index contributed by atoms with van der Waals surface area (Å²) in [7, 11) is 0. The van der Waals surface area contributed by atoms with Gasteiger partial charge >= 0.3 is 5.97 Å². The molecule has 5 rings (SSSR count). The second-order valence-corrected chi connectivity index (χ2v) is 9.42. The number of nitrogens with one attached hydrogen (secondary N) is 1. The quantitative estimate of drug-likeness (QED) is 0.340. The maximum Gasteiger partial charge on any atom is 0.335 e. The smallest absolute Gasteiger partial charge is 0.335 e. The van der Waals surface area contributed by atoms with Crippen molar-refractivity contribution >= 4 is 54.9 Å². The molecule has 0 aliphatic heterocycles. The minimum Gasteiger partial charge on any atom is -0.478 e. The van der Waals surface area contributed by atoms with Gasteiger partial charge in [-0.15, -0.1) is 22.7 Å². The van der Waals surface area contributed by atoms with Gasteiger partial charge in [0.2, 0.25) is 5.91 Å². The Hall–Kier alpha value is -3.55. The van der Waals surface area contributed by atoms with Crippen molar-refractivity contribution in [1.29, 1.82) is 0 Å². The number of benzene rings is 3. The second kappa shape index (κ2) is 8.53. The number of fused-ring (bicyclic) bond motifs is 2. The third-order valence-corrected chi connectivity index (χ3v) is 7.18. The highest BCUT2D eigenvalue weighted by atomic mass is 32.1. The van der Waals surface area contributed by atoms with Gasteiger partial charge in [-0.05, 0) is 46.8 Å². The Kier molecular flexibility index (Phi) is 5.43. The average molecular weight is 459 g/mol. The van der Waals surface area contributed by atoms with Crippen LogP contribution in [0.2, 0.25) is 0 Å². The van der Waals surface area contributed by atoms with E-state index in [0.29, 0.717) is 0 Å². The molecule has 0 radical (unpaired) electrons. The fourth-order valence-electron chi connectivity index (χ4n) is 3.63. The van der Waals surface area contributed by atoms with E-state index in [1.54, 1.807) is 29.5 Å². The molecule has 2 aromatic heterocycles. The number of hydrogen-bond donors (Lipinski definition) is 2. The first-order chi connectivity index (χ1) is 15.6. The van der Waals surface area contributed by atoms with E-state index in [0.717, 1.165) is 26.4 Å².